The molecule has 3 aromatic rings. The summed E-state index contributed by atoms with van der Waals surface area (Å²) in [5, 5.41) is 7.22. The highest BCUT2D eigenvalue weighted by molar-refractivity contribution is 7.90. The molecule has 2 aromatic carbocycles. The third kappa shape index (κ3) is 10.0. The number of ether oxygens (including phenoxy) is 3. The summed E-state index contributed by atoms with van der Waals surface area (Å²) < 4.78 is 82.2. The number of benzene rings is 2. The van der Waals surface area contributed by atoms with Gasteiger partial charge in [0.1, 0.15) is 18.4 Å². The molecule has 14 heteroatoms. The Morgan fingerprint density at radius 2 is 1.81 bits per heavy atom. The molecule has 1 aliphatic rings. The number of carbonyl (C=O) groups is 1. The van der Waals surface area contributed by atoms with E-state index in [2.05, 4.69) is 27.4 Å². The lowest BCUT2D eigenvalue weighted by Gasteiger charge is -2.34. The average Bonchev–Trinajstić information content (AvgIpc) is 3.36. The first-order chi connectivity index (χ1) is 22.7. The SMILES string of the molecule is COCC(CN1CCC(Nc2cccc3c2cc(C#CCNc2ccc(S(C)(=O)=O)cc2OC)n3CC(F)(F)F)CC1)OC(=O)C(C)C. The van der Waals surface area contributed by atoms with Gasteiger partial charge in [0.25, 0.3) is 0 Å². The molecular weight excluding hydrogens is 649 g/mol. The second-order valence-corrected chi connectivity index (χ2v) is 14.2. The van der Waals surface area contributed by atoms with Crippen LogP contribution >= 0.6 is 0 Å². The molecule has 2 heterocycles. The molecule has 1 aromatic heterocycles. The van der Waals surface area contributed by atoms with Gasteiger partial charge in [0.15, 0.2) is 9.84 Å². The predicted octanol–water partition coefficient (Wildman–Crippen LogP) is 5.17. The zero-order valence-electron chi connectivity index (χ0n) is 27.8. The quantitative estimate of drug-likeness (QED) is 0.185. The van der Waals surface area contributed by atoms with Gasteiger partial charge < -0.3 is 29.4 Å². The van der Waals surface area contributed by atoms with Crippen LogP contribution in [-0.2, 0) is 30.7 Å². The maximum atomic E-state index is 13.7. The van der Waals surface area contributed by atoms with E-state index in [1.54, 1.807) is 45.2 Å². The van der Waals surface area contributed by atoms with E-state index < -0.39 is 22.6 Å². The maximum absolute atomic E-state index is 13.7. The van der Waals surface area contributed by atoms with Gasteiger partial charge in [0.2, 0.25) is 0 Å². The molecule has 0 amide bonds. The first kappa shape index (κ1) is 36.9. The average molecular weight is 693 g/mol. The minimum atomic E-state index is -4.46. The lowest BCUT2D eigenvalue weighted by Crippen LogP contribution is -2.44. The van der Waals surface area contributed by atoms with E-state index >= 15 is 0 Å². The van der Waals surface area contributed by atoms with E-state index in [1.807, 2.05) is 6.07 Å². The Hall–Kier alpha value is -3.93. The molecule has 1 fully saturated rings. The van der Waals surface area contributed by atoms with E-state index in [0.717, 1.165) is 37.9 Å². The summed E-state index contributed by atoms with van der Waals surface area (Å²) in [7, 11) is -0.447. The molecule has 4 rings (SSSR count). The van der Waals surface area contributed by atoms with Gasteiger partial charge in [-0.25, -0.2) is 8.42 Å². The zero-order chi connectivity index (χ0) is 35.1. The van der Waals surface area contributed by atoms with Crippen LogP contribution < -0.4 is 15.4 Å². The van der Waals surface area contributed by atoms with Crippen molar-refractivity contribution in [2.24, 2.45) is 5.92 Å². The van der Waals surface area contributed by atoms with Gasteiger partial charge in [-0.1, -0.05) is 25.8 Å². The van der Waals surface area contributed by atoms with Crippen molar-refractivity contribution < 1.29 is 40.6 Å². The molecule has 0 radical (unpaired) electrons. The van der Waals surface area contributed by atoms with Crippen molar-refractivity contribution >= 4 is 38.1 Å². The fourth-order valence-electron chi connectivity index (χ4n) is 5.56. The van der Waals surface area contributed by atoms with Crippen LogP contribution in [0.4, 0.5) is 24.5 Å². The van der Waals surface area contributed by atoms with Crippen LogP contribution in [0.5, 0.6) is 5.75 Å². The first-order valence-electron chi connectivity index (χ1n) is 15.7. The van der Waals surface area contributed by atoms with Crippen LogP contribution in [0.25, 0.3) is 10.9 Å². The molecule has 10 nitrogen and oxygen atoms in total. The summed E-state index contributed by atoms with van der Waals surface area (Å²) in [5.41, 5.74) is 1.86. The molecule has 0 saturated carbocycles. The van der Waals surface area contributed by atoms with E-state index in [-0.39, 0.29) is 41.2 Å². The van der Waals surface area contributed by atoms with Crippen LogP contribution in [0.1, 0.15) is 32.4 Å². The predicted molar refractivity (Wildman–Crippen MR) is 179 cm³/mol. The number of sulfone groups is 1. The number of fused-ring (bicyclic) bond motifs is 1. The third-order valence-corrected chi connectivity index (χ3v) is 9.09. The Kier molecular flexibility index (Phi) is 12.3. The van der Waals surface area contributed by atoms with E-state index in [1.165, 1.54) is 23.8 Å². The molecule has 262 valence electrons. The van der Waals surface area contributed by atoms with Crippen LogP contribution in [0.2, 0.25) is 0 Å². The summed E-state index contributed by atoms with van der Waals surface area (Å²) in [4.78, 5) is 14.5. The second-order valence-electron chi connectivity index (χ2n) is 12.1. The van der Waals surface area contributed by atoms with Gasteiger partial charge in [-0.15, -0.1) is 0 Å². The van der Waals surface area contributed by atoms with Gasteiger partial charge in [-0.2, -0.15) is 13.2 Å². The standard InChI is InChI=1S/C34H43F3N4O6S/c1-23(2)33(42)47-26(21-45-3)20-40-16-13-24(14-17-40)39-29-9-6-10-31-28(29)18-25(41(31)22-34(35,36)37)8-7-15-38-30-12-11-27(48(5,43)44)19-32(30)46-4/h6,9-12,18-19,23-24,26,38-39H,13-17,20-22H2,1-5H3. The summed E-state index contributed by atoms with van der Waals surface area (Å²) in [5.74, 6) is 5.59. The van der Waals surface area contributed by atoms with Crippen molar-refractivity contribution in [1.29, 1.82) is 0 Å². The Bertz CT molecular complexity index is 1740. The number of rotatable bonds is 13. The number of hydrogen-bond acceptors (Lipinski definition) is 9. The normalized spacial score (nSPS) is 15.2. The van der Waals surface area contributed by atoms with E-state index in [0.29, 0.717) is 35.5 Å². The molecule has 1 atom stereocenters. The molecular formula is C34H43F3N4O6S. The number of esters is 1. The maximum Gasteiger partial charge on any atom is 0.406 e. The van der Waals surface area contributed by atoms with Gasteiger partial charge in [-0.05, 0) is 49.1 Å². The highest BCUT2D eigenvalue weighted by Gasteiger charge is 2.30. The van der Waals surface area contributed by atoms with Crippen molar-refractivity contribution in [1.82, 2.24) is 9.47 Å². The molecule has 1 unspecified atom stereocenters. The third-order valence-electron chi connectivity index (χ3n) is 7.98. The minimum Gasteiger partial charge on any atom is -0.495 e. The summed E-state index contributed by atoms with van der Waals surface area (Å²) in [6.07, 6.45) is -2.14. The number of nitrogens with one attached hydrogen (secondary N) is 2. The van der Waals surface area contributed by atoms with Crippen molar-refractivity contribution in [3.63, 3.8) is 0 Å². The van der Waals surface area contributed by atoms with Crippen molar-refractivity contribution in [3.8, 4) is 17.6 Å². The molecule has 48 heavy (non-hydrogen) atoms. The van der Waals surface area contributed by atoms with Gasteiger partial charge in [0.05, 0.1) is 48.0 Å². The highest BCUT2D eigenvalue weighted by Crippen LogP contribution is 2.32. The Morgan fingerprint density at radius 1 is 1.08 bits per heavy atom. The second kappa shape index (κ2) is 16.0. The summed E-state index contributed by atoms with van der Waals surface area (Å²) >= 11 is 0. The summed E-state index contributed by atoms with van der Waals surface area (Å²) in [6, 6.07) is 11.4. The van der Waals surface area contributed by atoms with Gasteiger partial charge in [-0.3, -0.25) is 9.69 Å². The number of likely N-dealkylation sites (tertiary alicyclic amines) is 1. The number of alkyl halides is 3. The number of methoxy groups -OCH3 is 2. The molecule has 1 saturated heterocycles. The number of halogens is 3. The molecule has 0 spiro atoms. The smallest absolute Gasteiger partial charge is 0.406 e. The van der Waals surface area contributed by atoms with Crippen LogP contribution in [0.3, 0.4) is 0 Å². The number of hydrogen-bond donors (Lipinski definition) is 2. The topological polar surface area (TPSA) is 111 Å². The number of carbonyl (C=O) groups excluding carboxylic acids is 1. The Balaban J connectivity index is 1.47. The number of nitrogens with zero attached hydrogens (tertiary/aromatic N) is 2. The fourth-order valence-corrected chi connectivity index (χ4v) is 6.20. The highest BCUT2D eigenvalue weighted by atomic mass is 32.2. The zero-order valence-corrected chi connectivity index (χ0v) is 28.6. The lowest BCUT2D eigenvalue weighted by atomic mass is 10.0. The Morgan fingerprint density at radius 3 is 2.44 bits per heavy atom. The van der Waals surface area contributed by atoms with Crippen molar-refractivity contribution in [3.05, 3.63) is 48.2 Å². The van der Waals surface area contributed by atoms with Crippen LogP contribution in [-0.4, -0.2) is 95.4 Å². The minimum absolute atomic E-state index is 0.0771. The van der Waals surface area contributed by atoms with Crippen LogP contribution in [0, 0.1) is 17.8 Å². The number of piperidine rings is 1. The lowest BCUT2D eigenvalue weighted by molar-refractivity contribution is -0.156. The molecule has 2 N–H and O–H groups in total. The summed E-state index contributed by atoms with van der Waals surface area (Å²) in [6.45, 7) is 4.84. The van der Waals surface area contributed by atoms with Crippen molar-refractivity contribution in [2.45, 2.75) is 56.5 Å². The van der Waals surface area contributed by atoms with Crippen molar-refractivity contribution in [2.75, 3.05) is 63.9 Å². The number of anilines is 2. The largest absolute Gasteiger partial charge is 0.495 e. The number of aromatic nitrogens is 1. The Labute approximate surface area is 279 Å². The first-order valence-corrected chi connectivity index (χ1v) is 17.6. The van der Waals surface area contributed by atoms with Gasteiger partial charge >= 0.3 is 12.1 Å². The molecule has 0 aliphatic carbocycles. The van der Waals surface area contributed by atoms with Crippen LogP contribution in [0.15, 0.2) is 47.4 Å². The van der Waals surface area contributed by atoms with Gasteiger partial charge in [0, 0.05) is 56.2 Å². The molecule has 0 bridgehead atoms. The van der Waals surface area contributed by atoms with E-state index in [4.69, 9.17) is 14.2 Å². The fraction of sp³-hybridized carbons (Fsp3) is 0.500. The monoisotopic (exact) mass is 692 g/mol. The molecule has 1 aliphatic heterocycles. The van der Waals surface area contributed by atoms with E-state index in [9.17, 15) is 26.4 Å².